The lowest BCUT2D eigenvalue weighted by atomic mass is 10.3. The Morgan fingerprint density at radius 2 is 2.14 bits per heavy atom. The smallest absolute Gasteiger partial charge is 0.274 e. The summed E-state index contributed by atoms with van der Waals surface area (Å²) in [5.41, 5.74) is 0.398. The molecule has 0 saturated carbocycles. The highest BCUT2D eigenvalue weighted by atomic mass is 16.5. The summed E-state index contributed by atoms with van der Waals surface area (Å²) in [5, 5.41) is 0. The van der Waals surface area contributed by atoms with Crippen LogP contribution >= 0.6 is 0 Å². The Kier molecular flexibility index (Phi) is 2.69. The molecule has 5 heteroatoms. The Morgan fingerprint density at radius 1 is 1.36 bits per heavy atom. The zero-order valence-corrected chi connectivity index (χ0v) is 7.72. The van der Waals surface area contributed by atoms with Crippen LogP contribution in [0, 0.1) is 0 Å². The lowest BCUT2D eigenvalue weighted by Gasteiger charge is -2.26. The zero-order valence-electron chi connectivity index (χ0n) is 7.72. The summed E-state index contributed by atoms with van der Waals surface area (Å²) in [6.07, 6.45) is 4.56. The quantitative estimate of drug-likeness (QED) is 0.627. The number of carbonyl (C=O) groups is 1. The minimum absolute atomic E-state index is 0.0681. The van der Waals surface area contributed by atoms with Gasteiger partial charge in [0.25, 0.3) is 5.91 Å². The highest BCUT2D eigenvalue weighted by Crippen LogP contribution is 2.03. The van der Waals surface area contributed by atoms with Gasteiger partial charge in [-0.15, -0.1) is 0 Å². The minimum Gasteiger partial charge on any atom is -0.378 e. The molecule has 74 valence electrons. The Balaban J connectivity index is 2.07. The molecular formula is C9H11N3O2. The van der Waals surface area contributed by atoms with Gasteiger partial charge >= 0.3 is 0 Å². The van der Waals surface area contributed by atoms with Gasteiger partial charge in [0.1, 0.15) is 5.69 Å². The standard InChI is InChI=1S/C9H11N3O2/c13-9(8-7-10-1-2-11-8)12-3-5-14-6-4-12/h1-2,7H,3-6H2. The maximum absolute atomic E-state index is 11.8. The van der Waals surface area contributed by atoms with E-state index in [0.29, 0.717) is 32.0 Å². The van der Waals surface area contributed by atoms with Crippen LogP contribution in [-0.4, -0.2) is 47.1 Å². The molecule has 1 amide bonds. The van der Waals surface area contributed by atoms with Crippen molar-refractivity contribution < 1.29 is 9.53 Å². The molecule has 1 fully saturated rings. The molecule has 1 saturated heterocycles. The molecule has 1 aliphatic rings. The highest BCUT2D eigenvalue weighted by Gasteiger charge is 2.19. The van der Waals surface area contributed by atoms with Crippen molar-refractivity contribution in [2.24, 2.45) is 0 Å². The largest absolute Gasteiger partial charge is 0.378 e. The van der Waals surface area contributed by atoms with Crippen molar-refractivity contribution in [2.45, 2.75) is 0 Å². The molecule has 1 aliphatic heterocycles. The van der Waals surface area contributed by atoms with E-state index < -0.39 is 0 Å². The van der Waals surface area contributed by atoms with Gasteiger partial charge in [-0.05, 0) is 0 Å². The molecular weight excluding hydrogens is 182 g/mol. The molecule has 14 heavy (non-hydrogen) atoms. The predicted molar refractivity (Wildman–Crippen MR) is 48.8 cm³/mol. The van der Waals surface area contributed by atoms with Crippen LogP contribution in [0.4, 0.5) is 0 Å². The van der Waals surface area contributed by atoms with Crippen molar-refractivity contribution in [3.05, 3.63) is 24.3 Å². The summed E-state index contributed by atoms with van der Waals surface area (Å²) in [4.78, 5) is 21.3. The molecule has 5 nitrogen and oxygen atoms in total. The summed E-state index contributed by atoms with van der Waals surface area (Å²) >= 11 is 0. The maximum Gasteiger partial charge on any atom is 0.274 e. The topological polar surface area (TPSA) is 55.3 Å². The minimum atomic E-state index is -0.0681. The molecule has 0 unspecified atom stereocenters. The van der Waals surface area contributed by atoms with Crippen LogP contribution in [0.1, 0.15) is 10.5 Å². The van der Waals surface area contributed by atoms with Gasteiger partial charge in [0.15, 0.2) is 0 Å². The van der Waals surface area contributed by atoms with Gasteiger partial charge in [-0.1, -0.05) is 0 Å². The van der Waals surface area contributed by atoms with Gasteiger partial charge in [-0.25, -0.2) is 4.98 Å². The number of rotatable bonds is 1. The number of ether oxygens (including phenoxy) is 1. The molecule has 0 spiro atoms. The van der Waals surface area contributed by atoms with E-state index in [9.17, 15) is 4.79 Å². The number of amides is 1. The number of aromatic nitrogens is 2. The second-order valence-electron chi connectivity index (χ2n) is 3.00. The van der Waals surface area contributed by atoms with E-state index in [0.717, 1.165) is 0 Å². The van der Waals surface area contributed by atoms with Crippen LogP contribution in [0.3, 0.4) is 0 Å². The van der Waals surface area contributed by atoms with Crippen molar-refractivity contribution in [3.8, 4) is 0 Å². The Morgan fingerprint density at radius 3 is 2.79 bits per heavy atom. The van der Waals surface area contributed by atoms with Crippen LogP contribution < -0.4 is 0 Å². The van der Waals surface area contributed by atoms with Crippen molar-refractivity contribution in [3.63, 3.8) is 0 Å². The van der Waals surface area contributed by atoms with E-state index >= 15 is 0 Å². The molecule has 0 aromatic carbocycles. The molecule has 2 rings (SSSR count). The molecule has 0 N–H and O–H groups in total. The fourth-order valence-electron chi connectivity index (χ4n) is 1.34. The highest BCUT2D eigenvalue weighted by molar-refractivity contribution is 5.91. The van der Waals surface area contributed by atoms with E-state index in [4.69, 9.17) is 4.74 Å². The lowest BCUT2D eigenvalue weighted by Crippen LogP contribution is -2.41. The Labute approximate surface area is 81.7 Å². The van der Waals surface area contributed by atoms with Gasteiger partial charge in [0.2, 0.25) is 0 Å². The first-order valence-electron chi connectivity index (χ1n) is 4.51. The molecule has 0 radical (unpaired) electrons. The normalized spacial score (nSPS) is 16.7. The van der Waals surface area contributed by atoms with Crippen LogP contribution in [0.2, 0.25) is 0 Å². The first-order valence-corrected chi connectivity index (χ1v) is 4.51. The Hall–Kier alpha value is -1.49. The number of carbonyl (C=O) groups excluding carboxylic acids is 1. The van der Waals surface area contributed by atoms with Gasteiger partial charge in [-0.3, -0.25) is 9.78 Å². The molecule has 2 heterocycles. The maximum atomic E-state index is 11.8. The SMILES string of the molecule is O=C(c1cnccn1)N1CCOCC1. The third-order valence-electron chi connectivity index (χ3n) is 2.08. The molecule has 1 aromatic heterocycles. The molecule has 0 bridgehead atoms. The van der Waals surface area contributed by atoms with Crippen molar-refractivity contribution in [1.29, 1.82) is 0 Å². The fourth-order valence-corrected chi connectivity index (χ4v) is 1.34. The van der Waals surface area contributed by atoms with Gasteiger partial charge in [0.05, 0.1) is 19.4 Å². The van der Waals surface area contributed by atoms with E-state index in [1.807, 2.05) is 0 Å². The summed E-state index contributed by atoms with van der Waals surface area (Å²) in [5.74, 6) is -0.0681. The first-order chi connectivity index (χ1) is 6.88. The summed E-state index contributed by atoms with van der Waals surface area (Å²) in [6, 6.07) is 0. The van der Waals surface area contributed by atoms with Crippen LogP contribution in [0.25, 0.3) is 0 Å². The van der Waals surface area contributed by atoms with Crippen molar-refractivity contribution in [1.82, 2.24) is 14.9 Å². The predicted octanol–water partition coefficient (Wildman–Crippen LogP) is -0.0510. The van der Waals surface area contributed by atoms with Crippen LogP contribution in [-0.2, 0) is 4.74 Å². The molecule has 0 aliphatic carbocycles. The van der Waals surface area contributed by atoms with Crippen LogP contribution in [0.15, 0.2) is 18.6 Å². The van der Waals surface area contributed by atoms with Crippen molar-refractivity contribution in [2.75, 3.05) is 26.3 Å². The average Bonchev–Trinajstić information content (AvgIpc) is 2.30. The lowest BCUT2D eigenvalue weighted by molar-refractivity contribution is 0.0298. The first kappa shape index (κ1) is 9.08. The van der Waals surface area contributed by atoms with Gasteiger partial charge < -0.3 is 9.64 Å². The van der Waals surface area contributed by atoms with Gasteiger partial charge in [0, 0.05) is 25.5 Å². The second-order valence-corrected chi connectivity index (χ2v) is 3.00. The third kappa shape index (κ3) is 1.88. The van der Waals surface area contributed by atoms with Gasteiger partial charge in [-0.2, -0.15) is 0 Å². The summed E-state index contributed by atoms with van der Waals surface area (Å²) in [6.45, 7) is 2.48. The fraction of sp³-hybridized carbons (Fsp3) is 0.444. The average molecular weight is 193 g/mol. The molecule has 1 aromatic rings. The number of hydrogen-bond donors (Lipinski definition) is 0. The number of nitrogens with zero attached hydrogens (tertiary/aromatic N) is 3. The number of hydrogen-bond acceptors (Lipinski definition) is 4. The zero-order chi connectivity index (χ0) is 9.80. The van der Waals surface area contributed by atoms with E-state index in [1.165, 1.54) is 12.4 Å². The summed E-state index contributed by atoms with van der Waals surface area (Å²) in [7, 11) is 0. The van der Waals surface area contributed by atoms with E-state index in [1.54, 1.807) is 11.1 Å². The Bertz CT molecular complexity index is 309. The number of morpholine rings is 1. The van der Waals surface area contributed by atoms with E-state index in [2.05, 4.69) is 9.97 Å². The second kappa shape index (κ2) is 4.15. The van der Waals surface area contributed by atoms with E-state index in [-0.39, 0.29) is 5.91 Å². The summed E-state index contributed by atoms with van der Waals surface area (Å²) < 4.78 is 5.16. The monoisotopic (exact) mass is 193 g/mol. The third-order valence-corrected chi connectivity index (χ3v) is 2.08. The van der Waals surface area contributed by atoms with Crippen LogP contribution in [0.5, 0.6) is 0 Å². The van der Waals surface area contributed by atoms with Crippen molar-refractivity contribution >= 4 is 5.91 Å². The molecule has 0 atom stereocenters.